The van der Waals surface area contributed by atoms with Crippen LogP contribution in [0.2, 0.25) is 0 Å². The van der Waals surface area contributed by atoms with Crippen molar-refractivity contribution in [3.8, 4) is 0 Å². The summed E-state index contributed by atoms with van der Waals surface area (Å²) >= 11 is 0. The lowest BCUT2D eigenvalue weighted by atomic mass is 9.88. The average molecular weight is 227 g/mol. The number of hydrogen-bond donors (Lipinski definition) is 1. The van der Waals surface area contributed by atoms with E-state index in [1.54, 1.807) is 0 Å². The molecule has 2 nitrogen and oxygen atoms in total. The topological polar surface area (TPSA) is 21.3 Å². The maximum atomic E-state index is 5.54. The van der Waals surface area contributed by atoms with Crippen LogP contribution >= 0.6 is 0 Å². The van der Waals surface area contributed by atoms with E-state index in [4.69, 9.17) is 4.74 Å². The van der Waals surface area contributed by atoms with Gasteiger partial charge in [0, 0.05) is 5.54 Å². The lowest BCUT2D eigenvalue weighted by molar-refractivity contribution is 0.169. The molecule has 0 amide bonds. The lowest BCUT2D eigenvalue weighted by Gasteiger charge is -2.28. The van der Waals surface area contributed by atoms with Crippen LogP contribution in [-0.2, 0) is 4.74 Å². The van der Waals surface area contributed by atoms with E-state index >= 15 is 0 Å². The Balaban J connectivity index is 2.22. The number of nitrogens with one attached hydrogen (secondary N) is 1. The summed E-state index contributed by atoms with van der Waals surface area (Å²) in [7, 11) is 0. The summed E-state index contributed by atoms with van der Waals surface area (Å²) in [4.78, 5) is 0. The molecule has 1 rings (SSSR count). The fraction of sp³-hybridized carbons (Fsp3) is 1.00. The molecule has 1 N–H and O–H groups in total. The van der Waals surface area contributed by atoms with Gasteiger partial charge in [0.1, 0.15) is 0 Å². The van der Waals surface area contributed by atoms with Crippen LogP contribution in [0.25, 0.3) is 0 Å². The molecule has 1 atom stereocenters. The minimum Gasteiger partial charge on any atom is -0.364 e. The second-order valence-electron chi connectivity index (χ2n) is 5.22. The van der Waals surface area contributed by atoms with E-state index in [9.17, 15) is 0 Å². The molecule has 0 aliphatic carbocycles. The van der Waals surface area contributed by atoms with Crippen LogP contribution < -0.4 is 5.32 Å². The van der Waals surface area contributed by atoms with Crippen molar-refractivity contribution in [1.82, 2.24) is 5.32 Å². The molecule has 96 valence electrons. The molecule has 1 aliphatic rings. The molecule has 0 saturated carbocycles. The molecule has 0 aromatic rings. The standard InChI is InChI=1S/C14H29NO/c1-3-5-7-9-11-14(10-8-6-4-2)12-16-13-15-14/h15H,3-13H2,1-2H3. The number of rotatable bonds is 9. The molecular formula is C14H29NO. The van der Waals surface area contributed by atoms with E-state index < -0.39 is 0 Å². The van der Waals surface area contributed by atoms with Gasteiger partial charge in [-0.15, -0.1) is 0 Å². The zero-order chi connectivity index (χ0) is 11.7. The van der Waals surface area contributed by atoms with Gasteiger partial charge in [-0.2, -0.15) is 0 Å². The van der Waals surface area contributed by atoms with E-state index in [1.165, 1.54) is 57.8 Å². The molecule has 0 aromatic heterocycles. The fourth-order valence-electron chi connectivity index (χ4n) is 2.55. The number of hydrogen-bond acceptors (Lipinski definition) is 2. The van der Waals surface area contributed by atoms with Crippen molar-refractivity contribution in [2.45, 2.75) is 77.2 Å². The first-order valence-electron chi connectivity index (χ1n) is 7.16. The van der Waals surface area contributed by atoms with Crippen LogP contribution in [0.1, 0.15) is 71.6 Å². The minimum atomic E-state index is 0.322. The highest BCUT2D eigenvalue weighted by Gasteiger charge is 2.32. The SMILES string of the molecule is CCCCCCC1(CCCCC)COCN1. The van der Waals surface area contributed by atoms with Crippen molar-refractivity contribution in [3.63, 3.8) is 0 Å². The van der Waals surface area contributed by atoms with Gasteiger partial charge in [0.25, 0.3) is 0 Å². The first-order valence-corrected chi connectivity index (χ1v) is 7.16. The largest absolute Gasteiger partial charge is 0.364 e. The van der Waals surface area contributed by atoms with E-state index in [0.29, 0.717) is 5.54 Å². The molecule has 0 bridgehead atoms. The van der Waals surface area contributed by atoms with Gasteiger partial charge in [-0.25, -0.2) is 0 Å². The maximum absolute atomic E-state index is 5.54. The van der Waals surface area contributed by atoms with E-state index in [0.717, 1.165) is 13.3 Å². The molecule has 1 fully saturated rings. The van der Waals surface area contributed by atoms with Gasteiger partial charge in [0.2, 0.25) is 0 Å². The van der Waals surface area contributed by atoms with Gasteiger partial charge >= 0.3 is 0 Å². The molecule has 1 aliphatic heterocycles. The Morgan fingerprint density at radius 3 is 2.12 bits per heavy atom. The Morgan fingerprint density at radius 1 is 0.938 bits per heavy atom. The zero-order valence-corrected chi connectivity index (χ0v) is 11.2. The quantitative estimate of drug-likeness (QED) is 0.604. The molecule has 1 heterocycles. The zero-order valence-electron chi connectivity index (χ0n) is 11.2. The highest BCUT2D eigenvalue weighted by atomic mass is 16.5. The molecule has 2 heteroatoms. The summed E-state index contributed by atoms with van der Waals surface area (Å²) < 4.78 is 5.54. The normalized spacial score (nSPS) is 25.1. The average Bonchev–Trinajstić information content (AvgIpc) is 2.74. The summed E-state index contributed by atoms with van der Waals surface area (Å²) in [6.45, 7) is 6.24. The third kappa shape index (κ3) is 4.84. The Kier molecular flexibility index (Phi) is 7.06. The molecule has 0 aromatic carbocycles. The molecule has 0 spiro atoms. The molecule has 0 radical (unpaired) electrons. The van der Waals surface area contributed by atoms with Crippen LogP contribution in [0.15, 0.2) is 0 Å². The third-order valence-electron chi connectivity index (χ3n) is 3.70. The maximum Gasteiger partial charge on any atom is 0.0971 e. The van der Waals surface area contributed by atoms with Crippen molar-refractivity contribution in [2.75, 3.05) is 13.3 Å². The van der Waals surface area contributed by atoms with Crippen molar-refractivity contribution < 1.29 is 4.74 Å². The van der Waals surface area contributed by atoms with Crippen molar-refractivity contribution in [2.24, 2.45) is 0 Å². The first-order chi connectivity index (χ1) is 7.83. The second kappa shape index (κ2) is 8.08. The fourth-order valence-corrected chi connectivity index (χ4v) is 2.55. The highest BCUT2D eigenvalue weighted by Crippen LogP contribution is 2.26. The molecule has 1 unspecified atom stereocenters. The highest BCUT2D eigenvalue weighted by molar-refractivity contribution is 4.90. The van der Waals surface area contributed by atoms with E-state index in [1.807, 2.05) is 0 Å². The monoisotopic (exact) mass is 227 g/mol. The van der Waals surface area contributed by atoms with Crippen LogP contribution in [0.5, 0.6) is 0 Å². The van der Waals surface area contributed by atoms with Gasteiger partial charge in [0.05, 0.1) is 13.3 Å². The first kappa shape index (κ1) is 14.0. The summed E-state index contributed by atoms with van der Waals surface area (Å²) in [6.07, 6.45) is 12.1. The molecule has 16 heavy (non-hydrogen) atoms. The van der Waals surface area contributed by atoms with E-state index in [2.05, 4.69) is 19.2 Å². The van der Waals surface area contributed by atoms with Crippen LogP contribution in [0.4, 0.5) is 0 Å². The second-order valence-corrected chi connectivity index (χ2v) is 5.22. The van der Waals surface area contributed by atoms with Crippen LogP contribution in [0, 0.1) is 0 Å². The number of ether oxygens (including phenoxy) is 1. The summed E-state index contributed by atoms with van der Waals surface area (Å²) in [5, 5.41) is 3.58. The Hall–Kier alpha value is -0.0800. The summed E-state index contributed by atoms with van der Waals surface area (Å²) in [5.41, 5.74) is 0.322. The predicted molar refractivity (Wildman–Crippen MR) is 69.6 cm³/mol. The van der Waals surface area contributed by atoms with Crippen molar-refractivity contribution >= 4 is 0 Å². The Morgan fingerprint density at radius 2 is 1.56 bits per heavy atom. The summed E-state index contributed by atoms with van der Waals surface area (Å²) in [5.74, 6) is 0. The van der Waals surface area contributed by atoms with Gasteiger partial charge in [-0.3, -0.25) is 5.32 Å². The van der Waals surface area contributed by atoms with Crippen molar-refractivity contribution in [1.29, 1.82) is 0 Å². The minimum absolute atomic E-state index is 0.322. The van der Waals surface area contributed by atoms with E-state index in [-0.39, 0.29) is 0 Å². The number of unbranched alkanes of at least 4 members (excludes halogenated alkanes) is 5. The van der Waals surface area contributed by atoms with Crippen LogP contribution in [0.3, 0.4) is 0 Å². The smallest absolute Gasteiger partial charge is 0.0971 e. The predicted octanol–water partition coefficient (Wildman–Crippen LogP) is 3.85. The lowest BCUT2D eigenvalue weighted by Crippen LogP contribution is -2.42. The Labute approximate surface area is 101 Å². The van der Waals surface area contributed by atoms with Crippen molar-refractivity contribution in [3.05, 3.63) is 0 Å². The summed E-state index contributed by atoms with van der Waals surface area (Å²) in [6, 6.07) is 0. The van der Waals surface area contributed by atoms with Crippen LogP contribution in [-0.4, -0.2) is 18.9 Å². The van der Waals surface area contributed by atoms with Gasteiger partial charge in [0.15, 0.2) is 0 Å². The van der Waals surface area contributed by atoms with Gasteiger partial charge in [-0.1, -0.05) is 58.8 Å². The molecule has 1 saturated heterocycles. The van der Waals surface area contributed by atoms with Gasteiger partial charge in [-0.05, 0) is 12.8 Å². The third-order valence-corrected chi connectivity index (χ3v) is 3.70. The Bertz CT molecular complexity index is 164. The van der Waals surface area contributed by atoms with Gasteiger partial charge < -0.3 is 4.74 Å². The molecular weight excluding hydrogens is 198 g/mol.